The molecule has 1 aliphatic carbocycles. The van der Waals surface area contributed by atoms with E-state index in [2.05, 4.69) is 11.9 Å². The van der Waals surface area contributed by atoms with Crippen LogP contribution in [-0.2, 0) is 19.4 Å². The molecule has 0 aliphatic heterocycles. The first-order chi connectivity index (χ1) is 14.0. The summed E-state index contributed by atoms with van der Waals surface area (Å²) in [6, 6.07) is 11.7. The molecular weight excluding hydrogens is 364 g/mol. The second-order valence-electron chi connectivity index (χ2n) is 8.00. The van der Waals surface area contributed by atoms with E-state index in [0.29, 0.717) is 29.5 Å². The van der Waals surface area contributed by atoms with E-state index < -0.39 is 0 Å². The molecule has 152 valence electrons. The van der Waals surface area contributed by atoms with Crippen molar-refractivity contribution in [2.45, 2.75) is 32.7 Å². The number of ether oxygens (including phenoxy) is 2. The lowest BCUT2D eigenvalue weighted by molar-refractivity contribution is 0.0784. The van der Waals surface area contributed by atoms with Crippen molar-refractivity contribution in [3.8, 4) is 11.5 Å². The number of rotatable bonds is 5. The average Bonchev–Trinajstić information content (AvgIpc) is 3.09. The number of aromatic nitrogens is 1. The number of benzene rings is 2. The van der Waals surface area contributed by atoms with Gasteiger partial charge in [0, 0.05) is 41.3 Å². The molecule has 0 fully saturated rings. The van der Waals surface area contributed by atoms with Crippen LogP contribution in [0.15, 0.2) is 36.4 Å². The van der Waals surface area contributed by atoms with Crippen molar-refractivity contribution in [1.29, 1.82) is 0 Å². The largest absolute Gasteiger partial charge is 0.493 e. The smallest absolute Gasteiger partial charge is 0.253 e. The number of nitrogens with one attached hydrogen (secondary N) is 1. The summed E-state index contributed by atoms with van der Waals surface area (Å²) in [5.74, 6) is 2.01. The standard InChI is InChI=1S/C24H28N2O3/c1-15-8-10-20-18(12-15)19-13-16(9-11-21(19)25-20)24(27)26(2)14-17-6-5-7-22(28-3)23(17)29-4/h5-7,9,11,13,15,25H,8,10,12,14H2,1-4H3. The van der Waals surface area contributed by atoms with Gasteiger partial charge in [-0.25, -0.2) is 0 Å². The van der Waals surface area contributed by atoms with E-state index in [1.165, 1.54) is 23.1 Å². The van der Waals surface area contributed by atoms with Crippen LogP contribution in [0.4, 0.5) is 0 Å². The number of hydrogen-bond donors (Lipinski definition) is 1. The van der Waals surface area contributed by atoms with Crippen LogP contribution in [0.1, 0.15) is 40.5 Å². The fourth-order valence-electron chi connectivity index (χ4n) is 4.35. The lowest BCUT2D eigenvalue weighted by Gasteiger charge is -2.20. The van der Waals surface area contributed by atoms with E-state index >= 15 is 0 Å². The molecule has 1 unspecified atom stereocenters. The number of amides is 1. The molecule has 4 rings (SSSR count). The number of para-hydroxylation sites is 1. The van der Waals surface area contributed by atoms with Gasteiger partial charge in [0.1, 0.15) is 0 Å². The van der Waals surface area contributed by atoms with Crippen LogP contribution >= 0.6 is 0 Å². The van der Waals surface area contributed by atoms with Crippen molar-refractivity contribution >= 4 is 16.8 Å². The summed E-state index contributed by atoms with van der Waals surface area (Å²) in [5, 5.41) is 1.18. The molecule has 2 aromatic carbocycles. The average molecular weight is 392 g/mol. The van der Waals surface area contributed by atoms with Gasteiger partial charge in [0.2, 0.25) is 0 Å². The number of nitrogens with zero attached hydrogens (tertiary/aromatic N) is 1. The van der Waals surface area contributed by atoms with Crippen LogP contribution in [-0.4, -0.2) is 37.1 Å². The quantitative estimate of drug-likeness (QED) is 0.691. The van der Waals surface area contributed by atoms with E-state index in [4.69, 9.17) is 9.47 Å². The van der Waals surface area contributed by atoms with Crippen molar-refractivity contribution < 1.29 is 14.3 Å². The zero-order chi connectivity index (χ0) is 20.5. The molecule has 1 aromatic heterocycles. The van der Waals surface area contributed by atoms with Crippen LogP contribution in [0.5, 0.6) is 11.5 Å². The van der Waals surface area contributed by atoms with Gasteiger partial charge in [-0.2, -0.15) is 0 Å². The second-order valence-corrected chi connectivity index (χ2v) is 8.00. The van der Waals surface area contributed by atoms with Gasteiger partial charge in [0.05, 0.1) is 14.2 Å². The number of aromatic amines is 1. The van der Waals surface area contributed by atoms with Crippen molar-refractivity contribution in [1.82, 2.24) is 9.88 Å². The van der Waals surface area contributed by atoms with E-state index in [-0.39, 0.29) is 5.91 Å². The summed E-state index contributed by atoms with van der Waals surface area (Å²) in [7, 11) is 5.05. The zero-order valence-electron chi connectivity index (χ0n) is 17.5. The Bertz CT molecular complexity index is 1050. The van der Waals surface area contributed by atoms with Gasteiger partial charge >= 0.3 is 0 Å². The molecule has 29 heavy (non-hydrogen) atoms. The minimum Gasteiger partial charge on any atom is -0.493 e. The summed E-state index contributed by atoms with van der Waals surface area (Å²) >= 11 is 0. The summed E-state index contributed by atoms with van der Waals surface area (Å²) in [4.78, 5) is 18.4. The van der Waals surface area contributed by atoms with Crippen LogP contribution in [0.2, 0.25) is 0 Å². The van der Waals surface area contributed by atoms with Crippen LogP contribution in [0, 0.1) is 5.92 Å². The van der Waals surface area contributed by atoms with Crippen molar-refractivity contribution in [3.63, 3.8) is 0 Å². The summed E-state index contributed by atoms with van der Waals surface area (Å²) in [6.07, 6.45) is 3.38. The fourth-order valence-corrected chi connectivity index (χ4v) is 4.35. The van der Waals surface area contributed by atoms with Crippen molar-refractivity contribution in [3.05, 3.63) is 58.8 Å². The Morgan fingerprint density at radius 1 is 1.21 bits per heavy atom. The van der Waals surface area contributed by atoms with Gasteiger partial charge < -0.3 is 19.4 Å². The Hall–Kier alpha value is -2.95. The zero-order valence-corrected chi connectivity index (χ0v) is 17.5. The number of fused-ring (bicyclic) bond motifs is 3. The molecule has 1 N–H and O–H groups in total. The maximum absolute atomic E-state index is 13.1. The highest BCUT2D eigenvalue weighted by molar-refractivity contribution is 5.99. The van der Waals surface area contributed by atoms with Gasteiger partial charge in [-0.3, -0.25) is 4.79 Å². The monoisotopic (exact) mass is 392 g/mol. The Morgan fingerprint density at radius 3 is 2.79 bits per heavy atom. The lowest BCUT2D eigenvalue weighted by Crippen LogP contribution is -2.26. The third-order valence-corrected chi connectivity index (χ3v) is 5.92. The minimum atomic E-state index is -0.00409. The van der Waals surface area contributed by atoms with E-state index in [9.17, 15) is 4.79 Å². The summed E-state index contributed by atoms with van der Waals surface area (Å²) in [5.41, 5.74) is 5.46. The Kier molecular flexibility index (Phi) is 5.22. The van der Waals surface area contributed by atoms with E-state index in [0.717, 1.165) is 23.9 Å². The molecule has 0 saturated carbocycles. The first-order valence-corrected chi connectivity index (χ1v) is 10.1. The first-order valence-electron chi connectivity index (χ1n) is 10.1. The van der Waals surface area contributed by atoms with Gasteiger partial charge in [-0.05, 0) is 55.0 Å². The molecule has 1 amide bonds. The molecule has 1 heterocycles. The molecule has 5 heteroatoms. The predicted molar refractivity (Wildman–Crippen MR) is 115 cm³/mol. The molecular formula is C24H28N2O3. The number of carbonyl (C=O) groups excluding carboxylic acids is 1. The number of H-pyrrole nitrogens is 1. The number of aryl methyl sites for hydroxylation is 1. The first kappa shape index (κ1) is 19.4. The highest BCUT2D eigenvalue weighted by atomic mass is 16.5. The van der Waals surface area contributed by atoms with Crippen molar-refractivity contribution in [2.75, 3.05) is 21.3 Å². The van der Waals surface area contributed by atoms with Gasteiger partial charge in [0.25, 0.3) is 5.91 Å². The van der Waals surface area contributed by atoms with Gasteiger partial charge in [-0.1, -0.05) is 19.1 Å². The molecule has 0 spiro atoms. The van der Waals surface area contributed by atoms with E-state index in [1.54, 1.807) is 19.1 Å². The highest BCUT2D eigenvalue weighted by Crippen LogP contribution is 2.33. The normalized spacial score (nSPS) is 15.8. The predicted octanol–water partition coefficient (Wildman–Crippen LogP) is 4.58. The fraction of sp³-hybridized carbons (Fsp3) is 0.375. The van der Waals surface area contributed by atoms with Crippen LogP contribution in [0.25, 0.3) is 10.9 Å². The summed E-state index contributed by atoms with van der Waals surface area (Å²) < 4.78 is 10.9. The van der Waals surface area contributed by atoms with Gasteiger partial charge in [-0.15, -0.1) is 0 Å². The molecule has 0 radical (unpaired) electrons. The minimum absolute atomic E-state index is 0.00409. The molecule has 0 bridgehead atoms. The molecule has 1 aliphatic rings. The van der Waals surface area contributed by atoms with Crippen LogP contribution in [0.3, 0.4) is 0 Å². The number of methoxy groups -OCH3 is 2. The highest BCUT2D eigenvalue weighted by Gasteiger charge is 2.22. The maximum atomic E-state index is 13.1. The van der Waals surface area contributed by atoms with Crippen molar-refractivity contribution in [2.24, 2.45) is 5.92 Å². The third-order valence-electron chi connectivity index (χ3n) is 5.92. The summed E-state index contributed by atoms with van der Waals surface area (Å²) in [6.45, 7) is 2.74. The van der Waals surface area contributed by atoms with Crippen LogP contribution < -0.4 is 9.47 Å². The molecule has 1 atom stereocenters. The molecule has 0 saturated heterocycles. The Balaban J connectivity index is 1.61. The Morgan fingerprint density at radius 2 is 2.03 bits per heavy atom. The SMILES string of the molecule is COc1cccc(CN(C)C(=O)c2ccc3[nH]c4c(c3c2)CC(C)CC4)c1OC. The maximum Gasteiger partial charge on any atom is 0.253 e. The third kappa shape index (κ3) is 3.57. The molecule has 5 nitrogen and oxygen atoms in total. The molecule has 3 aromatic rings. The Labute approximate surface area is 171 Å². The van der Waals surface area contributed by atoms with Gasteiger partial charge in [0.15, 0.2) is 11.5 Å². The number of hydrogen-bond acceptors (Lipinski definition) is 3. The second kappa shape index (κ2) is 7.82. The lowest BCUT2D eigenvalue weighted by atomic mass is 9.87. The van der Waals surface area contributed by atoms with E-state index in [1.807, 2.05) is 43.4 Å². The topological polar surface area (TPSA) is 54.6 Å². The number of carbonyl (C=O) groups is 1.